The third-order valence-electron chi connectivity index (χ3n) is 2.71. The summed E-state index contributed by atoms with van der Waals surface area (Å²) in [7, 11) is 0. The fraction of sp³-hybridized carbons (Fsp3) is 0.583. The van der Waals surface area contributed by atoms with Crippen molar-refractivity contribution < 1.29 is 4.74 Å². The SMILES string of the molecule is CCOC(C)(C)CNc1nccn2c(C)nnc12. The van der Waals surface area contributed by atoms with Crippen molar-refractivity contribution in [3.05, 3.63) is 18.2 Å². The summed E-state index contributed by atoms with van der Waals surface area (Å²) in [6.07, 6.45) is 3.59. The first-order valence-electron chi connectivity index (χ1n) is 6.07. The van der Waals surface area contributed by atoms with Gasteiger partial charge in [-0.25, -0.2) is 4.98 Å². The average molecular weight is 249 g/mol. The Morgan fingerprint density at radius 1 is 1.39 bits per heavy atom. The summed E-state index contributed by atoms with van der Waals surface area (Å²) < 4.78 is 7.54. The molecular formula is C12H19N5O. The summed E-state index contributed by atoms with van der Waals surface area (Å²) in [6.45, 7) is 9.34. The average Bonchev–Trinajstić information content (AvgIpc) is 2.69. The molecule has 0 amide bonds. The first-order valence-corrected chi connectivity index (χ1v) is 6.07. The number of rotatable bonds is 5. The number of anilines is 1. The standard InChI is InChI=1S/C12H19N5O/c1-5-18-12(3,4)8-14-10-11-16-15-9(2)17(11)7-6-13-10/h6-7H,5,8H2,1-4H3,(H,13,14). The molecule has 0 saturated heterocycles. The van der Waals surface area contributed by atoms with Gasteiger partial charge >= 0.3 is 0 Å². The van der Waals surface area contributed by atoms with Crippen LogP contribution >= 0.6 is 0 Å². The highest BCUT2D eigenvalue weighted by molar-refractivity contribution is 5.62. The minimum absolute atomic E-state index is 0.238. The molecular weight excluding hydrogens is 230 g/mol. The molecule has 0 aliphatic rings. The van der Waals surface area contributed by atoms with Crippen molar-refractivity contribution in [1.29, 1.82) is 0 Å². The molecule has 6 heteroatoms. The van der Waals surface area contributed by atoms with Crippen molar-refractivity contribution in [1.82, 2.24) is 19.6 Å². The van der Waals surface area contributed by atoms with Gasteiger partial charge in [-0.2, -0.15) is 0 Å². The highest BCUT2D eigenvalue weighted by Crippen LogP contribution is 2.15. The summed E-state index contributed by atoms with van der Waals surface area (Å²) >= 11 is 0. The van der Waals surface area contributed by atoms with Gasteiger partial charge in [0.15, 0.2) is 5.82 Å². The number of hydrogen-bond donors (Lipinski definition) is 1. The summed E-state index contributed by atoms with van der Waals surface area (Å²) in [4.78, 5) is 4.29. The normalized spacial score (nSPS) is 12.0. The van der Waals surface area contributed by atoms with Crippen molar-refractivity contribution in [3.8, 4) is 0 Å². The number of aromatic nitrogens is 4. The molecule has 0 unspecified atom stereocenters. The van der Waals surface area contributed by atoms with E-state index in [1.807, 2.05) is 38.3 Å². The largest absolute Gasteiger partial charge is 0.374 e. The van der Waals surface area contributed by atoms with Crippen molar-refractivity contribution >= 4 is 11.5 Å². The van der Waals surface area contributed by atoms with Crippen LogP contribution in [0, 0.1) is 6.92 Å². The molecule has 0 bridgehead atoms. The monoisotopic (exact) mass is 249 g/mol. The van der Waals surface area contributed by atoms with E-state index in [9.17, 15) is 0 Å². The first kappa shape index (κ1) is 12.8. The lowest BCUT2D eigenvalue weighted by atomic mass is 10.1. The van der Waals surface area contributed by atoms with E-state index in [4.69, 9.17) is 4.74 Å². The van der Waals surface area contributed by atoms with Crippen LogP contribution in [0.2, 0.25) is 0 Å². The molecule has 18 heavy (non-hydrogen) atoms. The molecule has 0 aliphatic carbocycles. The summed E-state index contributed by atoms with van der Waals surface area (Å²) in [6, 6.07) is 0. The molecule has 6 nitrogen and oxygen atoms in total. The Balaban J connectivity index is 2.17. The van der Waals surface area contributed by atoms with Gasteiger partial charge in [-0.15, -0.1) is 10.2 Å². The molecule has 0 atom stereocenters. The second kappa shape index (κ2) is 4.89. The van der Waals surface area contributed by atoms with Crippen molar-refractivity contribution in [2.45, 2.75) is 33.3 Å². The van der Waals surface area contributed by atoms with Crippen LogP contribution in [-0.4, -0.2) is 38.3 Å². The maximum absolute atomic E-state index is 5.64. The lowest BCUT2D eigenvalue weighted by Crippen LogP contribution is -2.33. The summed E-state index contributed by atoms with van der Waals surface area (Å²) in [5, 5.41) is 11.4. The van der Waals surface area contributed by atoms with Crippen molar-refractivity contribution in [2.75, 3.05) is 18.5 Å². The number of aryl methyl sites for hydroxylation is 1. The molecule has 0 radical (unpaired) electrons. The zero-order valence-electron chi connectivity index (χ0n) is 11.3. The second-order valence-electron chi connectivity index (χ2n) is 4.76. The lowest BCUT2D eigenvalue weighted by molar-refractivity contribution is 0.000658. The van der Waals surface area contributed by atoms with Crippen molar-refractivity contribution in [3.63, 3.8) is 0 Å². The Morgan fingerprint density at radius 3 is 2.89 bits per heavy atom. The Morgan fingerprint density at radius 2 is 2.17 bits per heavy atom. The van der Waals surface area contributed by atoms with Crippen LogP contribution in [0.25, 0.3) is 5.65 Å². The molecule has 2 rings (SSSR count). The Hall–Kier alpha value is -1.69. The Labute approximate surface area is 106 Å². The Kier molecular flexibility index (Phi) is 3.47. The molecule has 0 aliphatic heterocycles. The minimum atomic E-state index is -0.238. The fourth-order valence-electron chi connectivity index (χ4n) is 1.80. The van der Waals surface area contributed by atoms with Gasteiger partial charge in [0.25, 0.3) is 0 Å². The molecule has 0 aromatic carbocycles. The van der Waals surface area contributed by atoms with Crippen LogP contribution in [-0.2, 0) is 4.74 Å². The fourth-order valence-corrected chi connectivity index (χ4v) is 1.80. The van der Waals surface area contributed by atoms with Crippen LogP contribution in [0.4, 0.5) is 5.82 Å². The maximum atomic E-state index is 5.64. The highest BCUT2D eigenvalue weighted by atomic mass is 16.5. The predicted octanol–water partition coefficient (Wildman–Crippen LogP) is 1.66. The van der Waals surface area contributed by atoms with Gasteiger partial charge in [0, 0.05) is 25.5 Å². The van der Waals surface area contributed by atoms with E-state index in [1.165, 1.54) is 0 Å². The Bertz CT molecular complexity index is 534. The van der Waals surface area contributed by atoms with Crippen LogP contribution in [0.1, 0.15) is 26.6 Å². The second-order valence-corrected chi connectivity index (χ2v) is 4.76. The van der Waals surface area contributed by atoms with Gasteiger partial charge in [-0.1, -0.05) is 0 Å². The van der Waals surface area contributed by atoms with E-state index in [1.54, 1.807) is 6.20 Å². The van der Waals surface area contributed by atoms with E-state index >= 15 is 0 Å². The lowest BCUT2D eigenvalue weighted by Gasteiger charge is -2.25. The summed E-state index contributed by atoms with van der Waals surface area (Å²) in [5.41, 5.74) is 0.500. The first-order chi connectivity index (χ1) is 8.53. The van der Waals surface area contributed by atoms with Gasteiger partial charge in [-0.3, -0.25) is 4.40 Å². The van der Waals surface area contributed by atoms with E-state index in [0.717, 1.165) is 17.3 Å². The number of ether oxygens (including phenoxy) is 1. The third kappa shape index (κ3) is 2.59. The van der Waals surface area contributed by atoms with E-state index in [0.29, 0.717) is 13.2 Å². The molecule has 1 N–H and O–H groups in total. The zero-order valence-corrected chi connectivity index (χ0v) is 11.3. The van der Waals surface area contributed by atoms with Crippen LogP contribution in [0.15, 0.2) is 12.4 Å². The van der Waals surface area contributed by atoms with E-state index in [-0.39, 0.29) is 5.60 Å². The van der Waals surface area contributed by atoms with Gasteiger partial charge in [-0.05, 0) is 27.7 Å². The van der Waals surface area contributed by atoms with Gasteiger partial charge in [0.05, 0.1) is 5.60 Å². The molecule has 0 spiro atoms. The molecule has 0 saturated carbocycles. The molecule has 98 valence electrons. The number of nitrogens with one attached hydrogen (secondary N) is 1. The van der Waals surface area contributed by atoms with Gasteiger partial charge in [0.2, 0.25) is 5.65 Å². The quantitative estimate of drug-likeness (QED) is 0.873. The topological polar surface area (TPSA) is 64.3 Å². The smallest absolute Gasteiger partial charge is 0.203 e. The van der Waals surface area contributed by atoms with Crippen LogP contribution in [0.3, 0.4) is 0 Å². The minimum Gasteiger partial charge on any atom is -0.374 e. The number of nitrogens with zero attached hydrogens (tertiary/aromatic N) is 4. The number of hydrogen-bond acceptors (Lipinski definition) is 5. The highest BCUT2D eigenvalue weighted by Gasteiger charge is 2.18. The molecule has 0 fully saturated rings. The van der Waals surface area contributed by atoms with Gasteiger partial charge in [0.1, 0.15) is 5.82 Å². The van der Waals surface area contributed by atoms with Crippen LogP contribution < -0.4 is 5.32 Å². The predicted molar refractivity (Wildman–Crippen MR) is 69.7 cm³/mol. The molecule has 2 aromatic heterocycles. The maximum Gasteiger partial charge on any atom is 0.203 e. The van der Waals surface area contributed by atoms with Gasteiger partial charge < -0.3 is 10.1 Å². The number of fused-ring (bicyclic) bond motifs is 1. The molecule has 2 aromatic rings. The van der Waals surface area contributed by atoms with Crippen LogP contribution in [0.5, 0.6) is 0 Å². The van der Waals surface area contributed by atoms with E-state index < -0.39 is 0 Å². The molecule has 2 heterocycles. The summed E-state index contributed by atoms with van der Waals surface area (Å²) in [5.74, 6) is 1.57. The zero-order chi connectivity index (χ0) is 13.2. The third-order valence-corrected chi connectivity index (χ3v) is 2.71. The van der Waals surface area contributed by atoms with E-state index in [2.05, 4.69) is 20.5 Å². The van der Waals surface area contributed by atoms with Crippen molar-refractivity contribution in [2.24, 2.45) is 0 Å².